The van der Waals surface area contributed by atoms with E-state index < -0.39 is 0 Å². The summed E-state index contributed by atoms with van der Waals surface area (Å²) in [5, 5.41) is 3.06. The molecule has 0 unspecified atom stereocenters. The molecule has 0 fully saturated rings. The Morgan fingerprint density at radius 2 is 1.88 bits per heavy atom. The summed E-state index contributed by atoms with van der Waals surface area (Å²) in [6, 6.07) is 19.4. The zero-order chi connectivity index (χ0) is 17.9. The van der Waals surface area contributed by atoms with Gasteiger partial charge in [-0.05, 0) is 37.1 Å². The first kappa shape index (κ1) is 16.1. The Labute approximate surface area is 151 Å². The number of benzene rings is 2. The number of aryl methyl sites for hydroxylation is 1. The molecule has 0 radical (unpaired) electrons. The van der Waals surface area contributed by atoms with Crippen molar-refractivity contribution in [3.63, 3.8) is 0 Å². The zero-order valence-corrected chi connectivity index (χ0v) is 14.4. The van der Waals surface area contributed by atoms with Gasteiger partial charge < -0.3 is 14.7 Å². The second-order valence-corrected chi connectivity index (χ2v) is 6.29. The minimum absolute atomic E-state index is 0.242. The maximum Gasteiger partial charge on any atom is 0.287 e. The molecule has 2 aromatic heterocycles. The van der Waals surface area contributed by atoms with Gasteiger partial charge in [-0.2, -0.15) is 0 Å². The Morgan fingerprint density at radius 1 is 1.12 bits per heavy atom. The third-order valence-corrected chi connectivity index (χ3v) is 4.39. The van der Waals surface area contributed by atoms with Gasteiger partial charge in [0.05, 0.1) is 23.3 Å². The zero-order valence-electron chi connectivity index (χ0n) is 14.4. The first-order chi connectivity index (χ1) is 12.7. The van der Waals surface area contributed by atoms with Crippen LogP contribution in [0.1, 0.15) is 33.5 Å². The molecule has 2 N–H and O–H groups in total. The summed E-state index contributed by atoms with van der Waals surface area (Å²) in [6.45, 7) is 1.85. The summed E-state index contributed by atoms with van der Waals surface area (Å²) in [7, 11) is 0. The monoisotopic (exact) mass is 345 g/mol. The molecule has 26 heavy (non-hydrogen) atoms. The number of nitrogens with one attached hydrogen (secondary N) is 2. The first-order valence-electron chi connectivity index (χ1n) is 8.54. The van der Waals surface area contributed by atoms with Crippen LogP contribution in [0, 0.1) is 6.92 Å². The molecule has 0 aliphatic heterocycles. The van der Waals surface area contributed by atoms with Crippen molar-refractivity contribution in [2.75, 3.05) is 0 Å². The Bertz CT molecular complexity index is 1000. The van der Waals surface area contributed by atoms with Gasteiger partial charge in [0.25, 0.3) is 5.91 Å². The summed E-state index contributed by atoms with van der Waals surface area (Å²) < 4.78 is 5.33. The lowest BCUT2D eigenvalue weighted by Gasteiger charge is -2.16. The van der Waals surface area contributed by atoms with Crippen LogP contribution in [0.2, 0.25) is 0 Å². The van der Waals surface area contributed by atoms with Gasteiger partial charge in [-0.15, -0.1) is 0 Å². The summed E-state index contributed by atoms with van der Waals surface area (Å²) in [4.78, 5) is 20.7. The molecule has 2 heterocycles. The van der Waals surface area contributed by atoms with Crippen LogP contribution in [0.5, 0.6) is 0 Å². The maximum absolute atomic E-state index is 12.7. The quantitative estimate of drug-likeness (QED) is 0.570. The largest absolute Gasteiger partial charge is 0.459 e. The van der Waals surface area contributed by atoms with Crippen LogP contribution in [0.25, 0.3) is 11.0 Å². The van der Waals surface area contributed by atoms with E-state index in [2.05, 4.69) is 15.3 Å². The second-order valence-electron chi connectivity index (χ2n) is 6.29. The van der Waals surface area contributed by atoms with Crippen LogP contribution < -0.4 is 5.32 Å². The first-order valence-corrected chi connectivity index (χ1v) is 8.54. The van der Waals surface area contributed by atoms with Crippen molar-refractivity contribution >= 4 is 16.9 Å². The van der Waals surface area contributed by atoms with Gasteiger partial charge >= 0.3 is 0 Å². The number of imidazole rings is 1. The molecule has 0 aliphatic carbocycles. The predicted octanol–water partition coefficient (Wildman–Crippen LogP) is 4.18. The number of furan rings is 1. The van der Waals surface area contributed by atoms with Crippen molar-refractivity contribution in [3.8, 4) is 0 Å². The number of nitrogens with zero attached hydrogens (tertiary/aromatic N) is 1. The third-order valence-electron chi connectivity index (χ3n) is 4.39. The molecule has 5 heteroatoms. The smallest absolute Gasteiger partial charge is 0.287 e. The van der Waals surface area contributed by atoms with Crippen LogP contribution in [-0.2, 0) is 6.42 Å². The van der Waals surface area contributed by atoms with Gasteiger partial charge in [0.1, 0.15) is 5.82 Å². The molecule has 4 aromatic rings. The second kappa shape index (κ2) is 6.88. The number of H-pyrrole nitrogens is 1. The summed E-state index contributed by atoms with van der Waals surface area (Å²) in [5.74, 6) is 0.820. The van der Waals surface area contributed by atoms with Crippen molar-refractivity contribution in [1.82, 2.24) is 15.3 Å². The molecular weight excluding hydrogens is 326 g/mol. The lowest BCUT2D eigenvalue weighted by Crippen LogP contribution is -2.30. The number of carbonyl (C=O) groups is 1. The molecule has 130 valence electrons. The fourth-order valence-electron chi connectivity index (χ4n) is 3.03. The molecule has 1 amide bonds. The van der Waals surface area contributed by atoms with Gasteiger partial charge in [0.15, 0.2) is 5.76 Å². The predicted molar refractivity (Wildman–Crippen MR) is 99.9 cm³/mol. The highest BCUT2D eigenvalue weighted by Crippen LogP contribution is 2.21. The molecule has 4 rings (SSSR count). The Morgan fingerprint density at radius 3 is 2.62 bits per heavy atom. The van der Waals surface area contributed by atoms with E-state index in [1.807, 2.05) is 61.5 Å². The summed E-state index contributed by atoms with van der Waals surface area (Å²) in [6.07, 6.45) is 2.16. The number of hydrogen-bond acceptors (Lipinski definition) is 3. The van der Waals surface area contributed by atoms with Gasteiger partial charge in [-0.3, -0.25) is 4.79 Å². The molecule has 1 atom stereocenters. The van der Waals surface area contributed by atoms with Crippen molar-refractivity contribution in [3.05, 3.63) is 89.6 Å². The van der Waals surface area contributed by atoms with Crippen molar-refractivity contribution in [2.24, 2.45) is 0 Å². The van der Waals surface area contributed by atoms with Crippen LogP contribution in [0.4, 0.5) is 0 Å². The highest BCUT2D eigenvalue weighted by atomic mass is 16.3. The molecule has 0 bridgehead atoms. The van der Waals surface area contributed by atoms with Crippen LogP contribution >= 0.6 is 0 Å². The van der Waals surface area contributed by atoms with E-state index in [9.17, 15) is 4.79 Å². The SMILES string of the molecule is Cc1ccoc1C(=O)N[C@@H](Cc1ccccc1)c1nc2ccccc2[nH]1. The highest BCUT2D eigenvalue weighted by molar-refractivity contribution is 5.93. The van der Waals surface area contributed by atoms with E-state index in [1.165, 1.54) is 6.26 Å². The summed E-state index contributed by atoms with van der Waals surface area (Å²) in [5.41, 5.74) is 3.76. The van der Waals surface area contributed by atoms with E-state index in [0.29, 0.717) is 12.2 Å². The van der Waals surface area contributed by atoms with E-state index in [4.69, 9.17) is 4.42 Å². The number of fused-ring (bicyclic) bond motifs is 1. The van der Waals surface area contributed by atoms with Crippen molar-refractivity contribution in [1.29, 1.82) is 0 Å². The number of amides is 1. The lowest BCUT2D eigenvalue weighted by atomic mass is 10.1. The van der Waals surface area contributed by atoms with Crippen LogP contribution in [-0.4, -0.2) is 15.9 Å². The number of hydrogen-bond donors (Lipinski definition) is 2. The summed E-state index contributed by atoms with van der Waals surface area (Å²) >= 11 is 0. The highest BCUT2D eigenvalue weighted by Gasteiger charge is 2.22. The van der Waals surface area contributed by atoms with Gasteiger partial charge in [-0.25, -0.2) is 4.98 Å². The van der Waals surface area contributed by atoms with E-state index in [-0.39, 0.29) is 11.9 Å². The number of rotatable bonds is 5. The fourth-order valence-corrected chi connectivity index (χ4v) is 3.03. The molecule has 0 saturated carbocycles. The third kappa shape index (κ3) is 3.24. The van der Waals surface area contributed by atoms with E-state index >= 15 is 0 Å². The number of aromatic nitrogens is 2. The molecule has 5 nitrogen and oxygen atoms in total. The molecule has 0 aliphatic rings. The molecular formula is C21H19N3O2. The normalized spacial score (nSPS) is 12.2. The van der Waals surface area contributed by atoms with E-state index in [1.54, 1.807) is 6.07 Å². The lowest BCUT2D eigenvalue weighted by molar-refractivity contribution is 0.0906. The number of carbonyl (C=O) groups excluding carboxylic acids is 1. The standard InChI is InChI=1S/C21H19N3O2/c1-14-11-12-26-19(14)21(25)24-18(13-15-7-3-2-4-8-15)20-22-16-9-5-6-10-17(16)23-20/h2-12,18H,13H2,1H3,(H,22,23)(H,24,25)/t18-/m0/s1. The number of aromatic amines is 1. The Kier molecular flexibility index (Phi) is 4.27. The molecule has 0 saturated heterocycles. The van der Waals surface area contributed by atoms with Crippen molar-refractivity contribution in [2.45, 2.75) is 19.4 Å². The molecule has 0 spiro atoms. The van der Waals surface area contributed by atoms with E-state index in [0.717, 1.165) is 28.0 Å². The number of para-hydroxylation sites is 2. The van der Waals surface area contributed by atoms with Crippen LogP contribution in [0.15, 0.2) is 71.3 Å². The average Bonchev–Trinajstić information content (AvgIpc) is 3.28. The minimum atomic E-state index is -0.290. The van der Waals surface area contributed by atoms with Gasteiger partial charge in [0, 0.05) is 5.56 Å². The topological polar surface area (TPSA) is 70.9 Å². The Hall–Kier alpha value is -3.34. The average molecular weight is 345 g/mol. The van der Waals surface area contributed by atoms with Gasteiger partial charge in [0.2, 0.25) is 0 Å². The minimum Gasteiger partial charge on any atom is -0.459 e. The van der Waals surface area contributed by atoms with Crippen molar-refractivity contribution < 1.29 is 9.21 Å². The fraction of sp³-hybridized carbons (Fsp3) is 0.143. The maximum atomic E-state index is 12.7. The molecule has 2 aromatic carbocycles. The van der Waals surface area contributed by atoms with Crippen LogP contribution in [0.3, 0.4) is 0 Å². The Balaban J connectivity index is 1.66. The van der Waals surface area contributed by atoms with Gasteiger partial charge in [-0.1, -0.05) is 42.5 Å².